The third-order valence-electron chi connectivity index (χ3n) is 2.59. The molecule has 94 valence electrons. The summed E-state index contributed by atoms with van der Waals surface area (Å²) in [5, 5.41) is 4.55. The summed E-state index contributed by atoms with van der Waals surface area (Å²) in [5.41, 5.74) is 0. The Kier molecular flexibility index (Phi) is 7.68. The molecule has 1 atom stereocenters. The van der Waals surface area contributed by atoms with Crippen molar-refractivity contribution in [2.75, 3.05) is 25.5 Å². The van der Waals surface area contributed by atoms with Gasteiger partial charge < -0.3 is 10.1 Å². The van der Waals surface area contributed by atoms with Crippen LogP contribution in [-0.2, 0) is 4.74 Å². The molecule has 16 heavy (non-hydrogen) atoms. The summed E-state index contributed by atoms with van der Waals surface area (Å²) in [4.78, 5) is 4.53. The summed E-state index contributed by atoms with van der Waals surface area (Å²) in [6.45, 7) is 7.03. The van der Waals surface area contributed by atoms with Crippen molar-refractivity contribution >= 4 is 16.9 Å². The third-order valence-corrected chi connectivity index (χ3v) is 3.68. The van der Waals surface area contributed by atoms with E-state index in [1.165, 1.54) is 25.0 Å². The number of ether oxygens (including phenoxy) is 1. The van der Waals surface area contributed by atoms with E-state index in [0.29, 0.717) is 6.04 Å². The third kappa shape index (κ3) is 5.75. The molecule has 3 nitrogen and oxygen atoms in total. The monoisotopic (exact) mass is 244 g/mol. The van der Waals surface area contributed by atoms with E-state index in [1.54, 1.807) is 0 Å². The van der Waals surface area contributed by atoms with Gasteiger partial charge in [0.1, 0.15) is 0 Å². The molecule has 0 spiro atoms. The van der Waals surface area contributed by atoms with Gasteiger partial charge in [0, 0.05) is 31.6 Å². The van der Waals surface area contributed by atoms with Crippen molar-refractivity contribution in [3.05, 3.63) is 0 Å². The quantitative estimate of drug-likeness (QED) is 0.666. The number of unbranched alkanes of at least 4 members (excludes halogenated alkanes) is 1. The Balaban J connectivity index is 1.96. The molecule has 1 unspecified atom stereocenters. The van der Waals surface area contributed by atoms with E-state index in [1.807, 2.05) is 11.8 Å². The molecule has 0 aromatic heterocycles. The van der Waals surface area contributed by atoms with Gasteiger partial charge in [0.2, 0.25) is 0 Å². The van der Waals surface area contributed by atoms with Crippen molar-refractivity contribution in [3.63, 3.8) is 0 Å². The highest BCUT2D eigenvalue weighted by Crippen LogP contribution is 2.15. The van der Waals surface area contributed by atoms with Gasteiger partial charge in [-0.2, -0.15) is 0 Å². The second-order valence-corrected chi connectivity index (χ2v) is 5.08. The lowest BCUT2D eigenvalue weighted by molar-refractivity contribution is 0.130. The summed E-state index contributed by atoms with van der Waals surface area (Å²) < 4.78 is 5.48. The van der Waals surface area contributed by atoms with E-state index in [0.717, 1.165) is 31.3 Å². The molecule has 0 amide bonds. The predicted molar refractivity (Wildman–Crippen MR) is 72.3 cm³/mol. The molecule has 4 heteroatoms. The number of nitrogens with one attached hydrogen (secondary N) is 1. The maximum Gasteiger partial charge on any atom is 0.156 e. The fourth-order valence-corrected chi connectivity index (χ4v) is 2.56. The van der Waals surface area contributed by atoms with Gasteiger partial charge in [-0.1, -0.05) is 32.0 Å². The number of hydrogen-bond acceptors (Lipinski definition) is 3. The molecular formula is C12H24N2OS. The van der Waals surface area contributed by atoms with E-state index < -0.39 is 0 Å². The van der Waals surface area contributed by atoms with Gasteiger partial charge in [-0.05, 0) is 19.3 Å². The SMILES string of the molecule is CCCCOCCCN=C1NC(CC)CS1. The lowest BCUT2D eigenvalue weighted by atomic mass is 10.3. The first-order chi connectivity index (χ1) is 7.86. The van der Waals surface area contributed by atoms with Gasteiger partial charge in [0.25, 0.3) is 0 Å². The molecule has 1 aliphatic heterocycles. The first-order valence-electron chi connectivity index (χ1n) is 6.38. The van der Waals surface area contributed by atoms with E-state index in [9.17, 15) is 0 Å². The maximum absolute atomic E-state index is 5.48. The summed E-state index contributed by atoms with van der Waals surface area (Å²) in [7, 11) is 0. The number of nitrogens with zero attached hydrogens (tertiary/aromatic N) is 1. The largest absolute Gasteiger partial charge is 0.381 e. The highest BCUT2D eigenvalue weighted by atomic mass is 32.2. The first-order valence-corrected chi connectivity index (χ1v) is 7.36. The highest BCUT2D eigenvalue weighted by molar-refractivity contribution is 8.14. The van der Waals surface area contributed by atoms with Gasteiger partial charge in [-0.25, -0.2) is 0 Å². The Labute approximate surface area is 103 Å². The lowest BCUT2D eigenvalue weighted by Gasteiger charge is -2.05. The number of aliphatic imine (C=N–C) groups is 1. The molecule has 1 heterocycles. The molecule has 1 aliphatic rings. The molecule has 1 fully saturated rings. The van der Waals surface area contributed by atoms with E-state index in [-0.39, 0.29) is 0 Å². The minimum atomic E-state index is 0.629. The number of rotatable bonds is 8. The van der Waals surface area contributed by atoms with E-state index in [2.05, 4.69) is 24.2 Å². The topological polar surface area (TPSA) is 33.6 Å². The zero-order valence-corrected chi connectivity index (χ0v) is 11.3. The smallest absolute Gasteiger partial charge is 0.156 e. The van der Waals surface area contributed by atoms with Crippen molar-refractivity contribution in [1.82, 2.24) is 5.32 Å². The minimum absolute atomic E-state index is 0.629. The van der Waals surface area contributed by atoms with Gasteiger partial charge in [-0.3, -0.25) is 4.99 Å². The normalized spacial score (nSPS) is 22.6. The molecule has 0 bridgehead atoms. The van der Waals surface area contributed by atoms with Gasteiger partial charge >= 0.3 is 0 Å². The lowest BCUT2D eigenvalue weighted by Crippen LogP contribution is -2.25. The average molecular weight is 244 g/mol. The second-order valence-electron chi connectivity index (χ2n) is 4.07. The summed E-state index contributed by atoms with van der Waals surface area (Å²) in [6.07, 6.45) is 4.60. The second kappa shape index (κ2) is 8.88. The Bertz CT molecular complexity index is 209. The number of hydrogen-bond donors (Lipinski definition) is 1. The minimum Gasteiger partial charge on any atom is -0.381 e. The Morgan fingerprint density at radius 2 is 2.19 bits per heavy atom. The molecule has 1 saturated heterocycles. The highest BCUT2D eigenvalue weighted by Gasteiger charge is 2.17. The van der Waals surface area contributed by atoms with Gasteiger partial charge in [0.05, 0.1) is 0 Å². The van der Waals surface area contributed by atoms with Crippen molar-refractivity contribution < 1.29 is 4.74 Å². The van der Waals surface area contributed by atoms with E-state index >= 15 is 0 Å². The van der Waals surface area contributed by atoms with Crippen molar-refractivity contribution in [3.8, 4) is 0 Å². The molecule has 0 aromatic carbocycles. The molecule has 0 radical (unpaired) electrons. The van der Waals surface area contributed by atoms with E-state index in [4.69, 9.17) is 4.74 Å². The van der Waals surface area contributed by atoms with Crippen LogP contribution in [0.4, 0.5) is 0 Å². The Morgan fingerprint density at radius 3 is 2.88 bits per heavy atom. The maximum atomic E-state index is 5.48. The molecular weight excluding hydrogens is 220 g/mol. The van der Waals surface area contributed by atoms with Crippen LogP contribution in [0.1, 0.15) is 39.5 Å². The molecule has 0 aliphatic carbocycles. The fourth-order valence-electron chi connectivity index (χ4n) is 1.44. The summed E-state index contributed by atoms with van der Waals surface area (Å²) >= 11 is 1.85. The number of amidine groups is 1. The van der Waals surface area contributed by atoms with Crippen LogP contribution in [0, 0.1) is 0 Å². The molecule has 0 saturated carbocycles. The van der Waals surface area contributed by atoms with Crippen LogP contribution in [0.25, 0.3) is 0 Å². The zero-order valence-electron chi connectivity index (χ0n) is 10.5. The van der Waals surface area contributed by atoms with Crippen LogP contribution >= 0.6 is 11.8 Å². The van der Waals surface area contributed by atoms with Crippen molar-refractivity contribution in [2.24, 2.45) is 4.99 Å². The van der Waals surface area contributed by atoms with Crippen molar-refractivity contribution in [2.45, 2.75) is 45.6 Å². The van der Waals surface area contributed by atoms with Crippen LogP contribution in [0.5, 0.6) is 0 Å². The Hall–Kier alpha value is -0.220. The van der Waals surface area contributed by atoms with Gasteiger partial charge in [-0.15, -0.1) is 0 Å². The Morgan fingerprint density at radius 1 is 1.38 bits per heavy atom. The zero-order chi connectivity index (χ0) is 11.6. The van der Waals surface area contributed by atoms with Crippen LogP contribution in [0.3, 0.4) is 0 Å². The number of thioether (sulfide) groups is 1. The van der Waals surface area contributed by atoms with Crippen LogP contribution in [0.2, 0.25) is 0 Å². The van der Waals surface area contributed by atoms with Gasteiger partial charge in [0.15, 0.2) is 5.17 Å². The summed E-state index contributed by atoms with van der Waals surface area (Å²) in [5.74, 6) is 1.17. The van der Waals surface area contributed by atoms with Crippen LogP contribution in [0.15, 0.2) is 4.99 Å². The van der Waals surface area contributed by atoms with Crippen molar-refractivity contribution in [1.29, 1.82) is 0 Å². The predicted octanol–water partition coefficient (Wildman–Crippen LogP) is 2.66. The van der Waals surface area contributed by atoms with Crippen LogP contribution < -0.4 is 5.32 Å². The van der Waals surface area contributed by atoms with Crippen LogP contribution in [-0.4, -0.2) is 36.7 Å². The molecule has 0 aromatic rings. The fraction of sp³-hybridized carbons (Fsp3) is 0.917. The average Bonchev–Trinajstić information content (AvgIpc) is 2.76. The molecule has 1 rings (SSSR count). The molecule has 1 N–H and O–H groups in total. The summed E-state index contributed by atoms with van der Waals surface area (Å²) in [6, 6.07) is 0.629. The first kappa shape index (κ1) is 13.8. The standard InChI is InChI=1S/C12H24N2OS/c1-3-5-8-15-9-6-7-13-12-14-11(4-2)10-16-12/h11H,3-10H2,1-2H3,(H,13,14).